The van der Waals surface area contributed by atoms with Gasteiger partial charge < -0.3 is 20.5 Å². The Morgan fingerprint density at radius 3 is 2.83 bits per heavy atom. The highest BCUT2D eigenvalue weighted by Crippen LogP contribution is 2.51. The van der Waals surface area contributed by atoms with Gasteiger partial charge in [0.15, 0.2) is 5.41 Å². The van der Waals surface area contributed by atoms with E-state index in [2.05, 4.69) is 5.32 Å². The van der Waals surface area contributed by atoms with E-state index in [0.717, 1.165) is 0 Å². The maximum Gasteiger partial charge on any atom is 0.337 e. The fourth-order valence-electron chi connectivity index (χ4n) is 3.22. The number of fused-ring (bicyclic) bond motifs is 2. The molecular weight excluding hydrogens is 310 g/mol. The van der Waals surface area contributed by atoms with Crippen molar-refractivity contribution in [3.05, 3.63) is 52.6 Å². The highest BCUT2D eigenvalue weighted by molar-refractivity contribution is 6.12. The highest BCUT2D eigenvalue weighted by atomic mass is 16.5. The van der Waals surface area contributed by atoms with Crippen LogP contribution < -0.4 is 15.8 Å². The zero-order valence-corrected chi connectivity index (χ0v) is 13.2. The number of nitrogens with two attached hydrogens (primary N) is 1. The van der Waals surface area contributed by atoms with E-state index in [0.29, 0.717) is 17.0 Å². The molecule has 0 saturated heterocycles. The number of hydrogen-bond donors (Lipinski definition) is 2. The normalized spacial score (nSPS) is 22.0. The molecule has 0 bridgehead atoms. The summed E-state index contributed by atoms with van der Waals surface area (Å²) in [6.07, 6.45) is 0. The molecule has 2 aliphatic rings. The largest absolute Gasteiger partial charge is 0.463 e. The lowest BCUT2D eigenvalue weighted by Crippen LogP contribution is -2.46. The first-order chi connectivity index (χ1) is 11.5. The van der Waals surface area contributed by atoms with Crippen molar-refractivity contribution >= 4 is 11.9 Å². The van der Waals surface area contributed by atoms with Crippen LogP contribution in [0, 0.1) is 11.3 Å². The van der Waals surface area contributed by atoms with Gasteiger partial charge >= 0.3 is 5.97 Å². The van der Waals surface area contributed by atoms with E-state index < -0.39 is 17.3 Å². The van der Waals surface area contributed by atoms with E-state index in [-0.39, 0.29) is 23.6 Å². The minimum atomic E-state index is -1.66. The van der Waals surface area contributed by atoms with Gasteiger partial charge in [-0.15, -0.1) is 0 Å². The molecule has 0 aromatic heterocycles. The molecule has 1 aromatic carbocycles. The predicted molar refractivity (Wildman–Crippen MR) is 83.1 cm³/mol. The predicted octanol–water partition coefficient (Wildman–Crippen LogP) is 0.978. The number of esters is 1. The maximum atomic E-state index is 12.9. The van der Waals surface area contributed by atoms with Gasteiger partial charge in [-0.05, 0) is 19.9 Å². The van der Waals surface area contributed by atoms with E-state index in [1.165, 1.54) is 0 Å². The van der Waals surface area contributed by atoms with Gasteiger partial charge in [-0.25, -0.2) is 4.79 Å². The Morgan fingerprint density at radius 2 is 2.17 bits per heavy atom. The van der Waals surface area contributed by atoms with Gasteiger partial charge in [-0.1, -0.05) is 18.2 Å². The van der Waals surface area contributed by atoms with E-state index in [1.54, 1.807) is 38.1 Å². The molecule has 3 N–H and O–H groups in total. The summed E-state index contributed by atoms with van der Waals surface area (Å²) in [5, 5.41) is 12.3. The first-order valence-corrected chi connectivity index (χ1v) is 7.36. The molecule has 24 heavy (non-hydrogen) atoms. The monoisotopic (exact) mass is 325 g/mol. The number of nitrogens with zero attached hydrogens (tertiary/aromatic N) is 1. The Bertz CT molecular complexity index is 863. The Morgan fingerprint density at radius 1 is 1.46 bits per heavy atom. The first-order valence-electron chi connectivity index (χ1n) is 7.36. The van der Waals surface area contributed by atoms with Crippen molar-refractivity contribution in [1.29, 1.82) is 5.26 Å². The zero-order valence-electron chi connectivity index (χ0n) is 13.2. The molecule has 0 fully saturated rings. The lowest BCUT2D eigenvalue weighted by Gasteiger charge is -2.34. The van der Waals surface area contributed by atoms with Gasteiger partial charge in [0.1, 0.15) is 17.4 Å². The number of para-hydroxylation sites is 1. The molecule has 0 radical (unpaired) electrons. The molecule has 1 spiro atoms. The topological polar surface area (TPSA) is 114 Å². The summed E-state index contributed by atoms with van der Waals surface area (Å²) in [5.41, 5.74) is 4.87. The van der Waals surface area contributed by atoms with Crippen molar-refractivity contribution in [1.82, 2.24) is 5.32 Å². The van der Waals surface area contributed by atoms with Crippen molar-refractivity contribution in [2.75, 3.05) is 6.61 Å². The van der Waals surface area contributed by atoms with Gasteiger partial charge in [-0.3, -0.25) is 4.79 Å². The molecule has 7 nitrogen and oxygen atoms in total. The van der Waals surface area contributed by atoms with E-state index in [9.17, 15) is 14.9 Å². The number of carbonyl (C=O) groups is 2. The minimum absolute atomic E-state index is 0.0598. The van der Waals surface area contributed by atoms with Crippen LogP contribution in [0.2, 0.25) is 0 Å². The minimum Gasteiger partial charge on any atom is -0.463 e. The molecule has 3 rings (SSSR count). The average molecular weight is 325 g/mol. The van der Waals surface area contributed by atoms with Crippen LogP contribution in [-0.2, 0) is 19.7 Å². The summed E-state index contributed by atoms with van der Waals surface area (Å²) >= 11 is 0. The average Bonchev–Trinajstić information content (AvgIpc) is 2.79. The third-order valence-corrected chi connectivity index (χ3v) is 4.12. The third-order valence-electron chi connectivity index (χ3n) is 4.12. The standard InChI is InChI=1S/C17H15N3O4/c1-3-23-15(21)13-9(2)20-16(22)17(13)10-6-4-5-7-12(10)24-14(19)11(17)8-18/h4-7H,3,19H2,1-2H3,(H,20,22)/t17-/m1/s1. The van der Waals surface area contributed by atoms with Crippen molar-refractivity contribution in [3.63, 3.8) is 0 Å². The van der Waals surface area contributed by atoms with E-state index in [1.807, 2.05) is 6.07 Å². The lowest BCUT2D eigenvalue weighted by atomic mass is 9.68. The SMILES string of the molecule is CCOC(=O)C1=C(C)NC(=O)[C@]12C(C#N)=C(N)Oc1ccccc12. The van der Waals surface area contributed by atoms with Gasteiger partial charge in [0.2, 0.25) is 11.8 Å². The summed E-state index contributed by atoms with van der Waals surface area (Å²) in [7, 11) is 0. The second-order valence-electron chi connectivity index (χ2n) is 5.37. The summed E-state index contributed by atoms with van der Waals surface area (Å²) in [6.45, 7) is 3.39. The molecule has 2 heterocycles. The summed E-state index contributed by atoms with van der Waals surface area (Å²) in [6, 6.07) is 8.61. The number of hydrogen-bond acceptors (Lipinski definition) is 6. The molecule has 122 valence electrons. The summed E-state index contributed by atoms with van der Waals surface area (Å²) in [5.74, 6) is -1.09. The Hall–Kier alpha value is -3.27. The summed E-state index contributed by atoms with van der Waals surface area (Å²) < 4.78 is 10.6. The number of rotatable bonds is 2. The second-order valence-corrected chi connectivity index (χ2v) is 5.37. The number of allylic oxidation sites excluding steroid dienone is 1. The molecule has 1 amide bonds. The number of nitriles is 1. The molecule has 1 aromatic rings. The molecule has 7 heteroatoms. The summed E-state index contributed by atoms with van der Waals surface area (Å²) in [4.78, 5) is 25.5. The Labute approximate surface area is 138 Å². The van der Waals surface area contributed by atoms with E-state index >= 15 is 0 Å². The number of benzene rings is 1. The second kappa shape index (κ2) is 5.42. The van der Waals surface area contributed by atoms with Crippen molar-refractivity contribution in [3.8, 4) is 11.8 Å². The van der Waals surface area contributed by atoms with Crippen molar-refractivity contribution in [2.45, 2.75) is 19.3 Å². The Balaban J connectivity index is 2.39. The van der Waals surface area contributed by atoms with Gasteiger partial charge in [-0.2, -0.15) is 5.26 Å². The van der Waals surface area contributed by atoms with Crippen LogP contribution in [-0.4, -0.2) is 18.5 Å². The van der Waals surface area contributed by atoms with E-state index in [4.69, 9.17) is 15.2 Å². The fraction of sp³-hybridized carbons (Fsp3) is 0.235. The van der Waals surface area contributed by atoms with Crippen LogP contribution in [0.3, 0.4) is 0 Å². The lowest BCUT2D eigenvalue weighted by molar-refractivity contribution is -0.140. The first kappa shape index (κ1) is 15.6. The quantitative estimate of drug-likeness (QED) is 0.783. The highest BCUT2D eigenvalue weighted by Gasteiger charge is 2.59. The molecule has 0 unspecified atom stereocenters. The zero-order chi connectivity index (χ0) is 17.5. The van der Waals surface area contributed by atoms with Crippen LogP contribution >= 0.6 is 0 Å². The molecular formula is C17H15N3O4. The van der Waals surface area contributed by atoms with Gasteiger partial charge in [0.25, 0.3) is 0 Å². The van der Waals surface area contributed by atoms with Crippen LogP contribution in [0.1, 0.15) is 19.4 Å². The van der Waals surface area contributed by atoms with Crippen LogP contribution in [0.25, 0.3) is 0 Å². The number of amides is 1. The van der Waals surface area contributed by atoms with Crippen molar-refractivity contribution < 1.29 is 19.1 Å². The molecule has 2 aliphatic heterocycles. The Kier molecular flexibility index (Phi) is 3.53. The smallest absolute Gasteiger partial charge is 0.337 e. The number of carbonyl (C=O) groups excluding carboxylic acids is 2. The van der Waals surface area contributed by atoms with Gasteiger partial charge in [0, 0.05) is 11.3 Å². The van der Waals surface area contributed by atoms with Crippen LogP contribution in [0.5, 0.6) is 5.75 Å². The number of nitrogens with one attached hydrogen (secondary N) is 1. The maximum absolute atomic E-state index is 12.9. The number of ether oxygens (including phenoxy) is 2. The van der Waals surface area contributed by atoms with Gasteiger partial charge in [0.05, 0.1) is 12.2 Å². The van der Waals surface area contributed by atoms with Crippen molar-refractivity contribution in [2.24, 2.45) is 5.73 Å². The van der Waals surface area contributed by atoms with Crippen LogP contribution in [0.15, 0.2) is 47.0 Å². The van der Waals surface area contributed by atoms with Crippen LogP contribution in [0.4, 0.5) is 0 Å². The third kappa shape index (κ3) is 1.83. The fourth-order valence-corrected chi connectivity index (χ4v) is 3.22. The molecule has 0 saturated carbocycles. The molecule has 1 atom stereocenters. The molecule has 0 aliphatic carbocycles.